The fraction of sp³-hybridized carbons (Fsp3) is 0.588. The lowest BCUT2D eigenvalue weighted by molar-refractivity contribution is 0.0666. The van der Waals surface area contributed by atoms with Gasteiger partial charge in [-0.05, 0) is 46.1 Å². The minimum atomic E-state index is -0.114. The molecule has 1 saturated heterocycles. The average molecular weight is 316 g/mol. The molecule has 0 bridgehead atoms. The predicted octanol–water partition coefficient (Wildman–Crippen LogP) is 2.34. The number of nitrogens with zero attached hydrogens (tertiary/aromatic N) is 3. The number of ether oxygens (including phenoxy) is 1. The number of aryl methyl sites for hydroxylation is 3. The van der Waals surface area contributed by atoms with Gasteiger partial charge >= 0.3 is 0 Å². The van der Waals surface area contributed by atoms with Crippen LogP contribution in [-0.4, -0.2) is 39.3 Å². The van der Waals surface area contributed by atoms with Crippen molar-refractivity contribution >= 4 is 11.6 Å². The van der Waals surface area contributed by atoms with Crippen LogP contribution in [-0.2, 0) is 4.74 Å². The first kappa shape index (κ1) is 15.9. The molecule has 2 aromatic heterocycles. The topological polar surface area (TPSA) is 68.5 Å². The van der Waals surface area contributed by atoms with Crippen LogP contribution in [0.4, 0.5) is 0 Å². The highest BCUT2D eigenvalue weighted by Crippen LogP contribution is 2.20. The summed E-state index contributed by atoms with van der Waals surface area (Å²) in [6, 6.07) is 1.99. The van der Waals surface area contributed by atoms with E-state index in [-0.39, 0.29) is 18.1 Å². The van der Waals surface area contributed by atoms with Gasteiger partial charge in [0.05, 0.1) is 17.8 Å². The van der Waals surface area contributed by atoms with Crippen LogP contribution >= 0.6 is 0 Å². The van der Waals surface area contributed by atoms with Crippen LogP contribution < -0.4 is 5.32 Å². The number of fused-ring (bicyclic) bond motifs is 1. The molecule has 1 amide bonds. The Morgan fingerprint density at radius 1 is 1.48 bits per heavy atom. The lowest BCUT2D eigenvalue weighted by Gasteiger charge is -2.22. The van der Waals surface area contributed by atoms with Gasteiger partial charge in [0, 0.05) is 18.0 Å². The second-order valence-corrected chi connectivity index (χ2v) is 6.27. The van der Waals surface area contributed by atoms with Crippen LogP contribution in [0.1, 0.15) is 53.6 Å². The number of aromatic nitrogens is 3. The number of carbonyl (C=O) groups excluding carboxylic acids is 1. The van der Waals surface area contributed by atoms with Crippen molar-refractivity contribution in [1.82, 2.24) is 19.9 Å². The molecule has 3 heterocycles. The van der Waals surface area contributed by atoms with Gasteiger partial charge in [-0.3, -0.25) is 4.79 Å². The lowest BCUT2D eigenvalue weighted by Crippen LogP contribution is -2.42. The maximum absolute atomic E-state index is 12.8. The number of hydrogen-bond donors (Lipinski definition) is 1. The second kappa shape index (κ2) is 6.28. The van der Waals surface area contributed by atoms with Crippen LogP contribution in [0.5, 0.6) is 0 Å². The van der Waals surface area contributed by atoms with Gasteiger partial charge in [0.15, 0.2) is 5.65 Å². The number of hydrogen-bond acceptors (Lipinski definition) is 4. The van der Waals surface area contributed by atoms with Crippen molar-refractivity contribution in [3.8, 4) is 0 Å². The summed E-state index contributed by atoms with van der Waals surface area (Å²) in [5.74, 6) is -0.114. The minimum Gasteiger partial charge on any atom is -0.376 e. The molecule has 1 aliphatic heterocycles. The molecule has 0 aliphatic carbocycles. The molecule has 6 nitrogen and oxygen atoms in total. The highest BCUT2D eigenvalue weighted by atomic mass is 16.5. The molecular formula is C17H24N4O2. The summed E-state index contributed by atoms with van der Waals surface area (Å²) < 4.78 is 7.47. The highest BCUT2D eigenvalue weighted by molar-refractivity contribution is 6.01. The SMILES string of the molecule is CC[C@H](NC(=O)c1c(C)nn2c(C)cc(C)nc12)[C@H]1CCCO1. The molecule has 0 saturated carbocycles. The van der Waals surface area contributed by atoms with E-state index in [1.807, 2.05) is 26.8 Å². The summed E-state index contributed by atoms with van der Waals surface area (Å²) in [6.07, 6.45) is 3.03. The summed E-state index contributed by atoms with van der Waals surface area (Å²) >= 11 is 0. The number of carbonyl (C=O) groups is 1. The number of nitrogens with one attached hydrogen (secondary N) is 1. The van der Waals surface area contributed by atoms with Crippen molar-refractivity contribution in [2.24, 2.45) is 0 Å². The molecule has 0 unspecified atom stereocenters. The van der Waals surface area contributed by atoms with E-state index < -0.39 is 0 Å². The Morgan fingerprint density at radius 3 is 2.91 bits per heavy atom. The first-order chi connectivity index (χ1) is 11.0. The van der Waals surface area contributed by atoms with Crippen LogP contribution in [0.3, 0.4) is 0 Å². The molecule has 23 heavy (non-hydrogen) atoms. The Labute approximate surface area is 136 Å². The summed E-state index contributed by atoms with van der Waals surface area (Å²) in [5, 5.41) is 7.59. The monoisotopic (exact) mass is 316 g/mol. The van der Waals surface area contributed by atoms with Crippen molar-refractivity contribution < 1.29 is 9.53 Å². The largest absolute Gasteiger partial charge is 0.376 e. The van der Waals surface area contributed by atoms with E-state index in [2.05, 4.69) is 22.3 Å². The van der Waals surface area contributed by atoms with Crippen molar-refractivity contribution in [3.63, 3.8) is 0 Å². The Bertz CT molecular complexity index is 732. The molecule has 2 aromatic rings. The summed E-state index contributed by atoms with van der Waals surface area (Å²) in [6.45, 7) is 8.61. The van der Waals surface area contributed by atoms with Crippen LogP contribution in [0, 0.1) is 20.8 Å². The first-order valence-corrected chi connectivity index (χ1v) is 8.27. The van der Waals surface area contributed by atoms with E-state index in [1.165, 1.54) is 0 Å². The normalized spacial score (nSPS) is 19.2. The molecule has 3 rings (SSSR count). The average Bonchev–Trinajstić information content (AvgIpc) is 3.12. The van der Waals surface area contributed by atoms with Gasteiger partial charge in [0.1, 0.15) is 5.56 Å². The van der Waals surface area contributed by atoms with Crippen molar-refractivity contribution in [2.45, 2.75) is 59.1 Å². The Morgan fingerprint density at radius 2 is 2.26 bits per heavy atom. The molecule has 2 atom stereocenters. The van der Waals surface area contributed by atoms with E-state index in [0.717, 1.165) is 37.3 Å². The quantitative estimate of drug-likeness (QED) is 0.940. The first-order valence-electron chi connectivity index (χ1n) is 8.27. The van der Waals surface area contributed by atoms with Crippen LogP contribution in [0.15, 0.2) is 6.07 Å². The van der Waals surface area contributed by atoms with Gasteiger partial charge in [-0.1, -0.05) is 6.92 Å². The highest BCUT2D eigenvalue weighted by Gasteiger charge is 2.28. The van der Waals surface area contributed by atoms with E-state index in [0.29, 0.717) is 16.9 Å². The van der Waals surface area contributed by atoms with Crippen molar-refractivity contribution in [1.29, 1.82) is 0 Å². The molecule has 0 radical (unpaired) electrons. The molecule has 124 valence electrons. The maximum atomic E-state index is 12.8. The summed E-state index contributed by atoms with van der Waals surface area (Å²) in [7, 11) is 0. The van der Waals surface area contributed by atoms with Gasteiger partial charge < -0.3 is 10.1 Å². The van der Waals surface area contributed by atoms with Gasteiger partial charge in [0.25, 0.3) is 5.91 Å². The Kier molecular flexibility index (Phi) is 4.35. The fourth-order valence-corrected chi connectivity index (χ4v) is 3.31. The van der Waals surface area contributed by atoms with Crippen molar-refractivity contribution in [2.75, 3.05) is 6.61 Å². The van der Waals surface area contributed by atoms with E-state index >= 15 is 0 Å². The fourth-order valence-electron chi connectivity index (χ4n) is 3.31. The third-order valence-corrected chi connectivity index (χ3v) is 4.47. The van der Waals surface area contributed by atoms with Crippen molar-refractivity contribution in [3.05, 3.63) is 28.7 Å². The Balaban J connectivity index is 1.92. The molecule has 1 N–H and O–H groups in total. The number of amides is 1. The summed E-state index contributed by atoms with van der Waals surface area (Å²) in [5.41, 5.74) is 3.75. The third-order valence-electron chi connectivity index (χ3n) is 4.47. The van der Waals surface area contributed by atoms with E-state index in [4.69, 9.17) is 4.74 Å². The lowest BCUT2D eigenvalue weighted by atomic mass is 10.0. The van der Waals surface area contributed by atoms with Gasteiger partial charge in [-0.2, -0.15) is 5.10 Å². The zero-order chi connectivity index (χ0) is 16.6. The zero-order valence-electron chi connectivity index (χ0n) is 14.2. The van der Waals surface area contributed by atoms with Crippen LogP contribution in [0.25, 0.3) is 5.65 Å². The summed E-state index contributed by atoms with van der Waals surface area (Å²) in [4.78, 5) is 17.3. The third kappa shape index (κ3) is 2.95. The molecule has 0 aromatic carbocycles. The molecule has 1 aliphatic rings. The maximum Gasteiger partial charge on any atom is 0.257 e. The van der Waals surface area contributed by atoms with Gasteiger partial charge in [-0.25, -0.2) is 9.50 Å². The predicted molar refractivity (Wildman–Crippen MR) is 87.7 cm³/mol. The molecule has 6 heteroatoms. The zero-order valence-corrected chi connectivity index (χ0v) is 14.2. The van der Waals surface area contributed by atoms with E-state index in [9.17, 15) is 4.79 Å². The van der Waals surface area contributed by atoms with Crippen LogP contribution in [0.2, 0.25) is 0 Å². The molecular weight excluding hydrogens is 292 g/mol. The van der Waals surface area contributed by atoms with E-state index in [1.54, 1.807) is 4.52 Å². The van der Waals surface area contributed by atoms with Gasteiger partial charge in [-0.15, -0.1) is 0 Å². The van der Waals surface area contributed by atoms with Gasteiger partial charge in [0.2, 0.25) is 0 Å². The second-order valence-electron chi connectivity index (χ2n) is 6.27. The number of rotatable bonds is 4. The Hall–Kier alpha value is -1.95. The minimum absolute atomic E-state index is 0.0326. The molecule has 0 spiro atoms. The smallest absolute Gasteiger partial charge is 0.257 e. The standard InChI is InChI=1S/C17H24N4O2/c1-5-13(14-7-6-8-23-14)19-17(22)15-12(4)20-21-11(3)9-10(2)18-16(15)21/h9,13-14H,5-8H2,1-4H3,(H,19,22)/t13-,14+/m0/s1. The molecule has 1 fully saturated rings.